The summed E-state index contributed by atoms with van der Waals surface area (Å²) in [7, 11) is 1.65. The third-order valence-electron chi connectivity index (χ3n) is 3.03. The fourth-order valence-corrected chi connectivity index (χ4v) is 2.56. The van der Waals surface area contributed by atoms with E-state index in [-0.39, 0.29) is 0 Å². The molecule has 0 heterocycles. The maximum atomic E-state index is 6.18. The van der Waals surface area contributed by atoms with Gasteiger partial charge in [-0.1, -0.05) is 34.8 Å². The van der Waals surface area contributed by atoms with Crippen LogP contribution in [0.25, 0.3) is 0 Å². The normalized spacial score (nSPS) is 10.4. The van der Waals surface area contributed by atoms with Crippen LogP contribution >= 0.6 is 34.8 Å². The van der Waals surface area contributed by atoms with Crippen molar-refractivity contribution in [2.75, 3.05) is 12.4 Å². The van der Waals surface area contributed by atoms with Gasteiger partial charge in [-0.3, -0.25) is 0 Å². The minimum absolute atomic E-state index is 0.484. The molecule has 0 aliphatic rings. The number of hydrogen-bond acceptors (Lipinski definition) is 2. The van der Waals surface area contributed by atoms with E-state index >= 15 is 0 Å². The Kier molecular flexibility index (Phi) is 5.03. The van der Waals surface area contributed by atoms with Crippen molar-refractivity contribution in [1.82, 2.24) is 0 Å². The predicted molar refractivity (Wildman–Crippen MR) is 86.5 cm³/mol. The average Bonchev–Trinajstić information content (AvgIpc) is 2.44. The van der Waals surface area contributed by atoms with Gasteiger partial charge in [0.25, 0.3) is 0 Å². The van der Waals surface area contributed by atoms with Gasteiger partial charge < -0.3 is 10.1 Å². The predicted octanol–water partition coefficient (Wildman–Crippen LogP) is 5.58. The first-order chi connectivity index (χ1) is 9.52. The first-order valence-electron chi connectivity index (χ1n) is 6.04. The summed E-state index contributed by atoms with van der Waals surface area (Å²) in [5, 5.41) is 4.89. The van der Waals surface area contributed by atoms with Gasteiger partial charge >= 0.3 is 0 Å². The van der Waals surface area contributed by atoms with Crippen LogP contribution in [0.2, 0.25) is 15.1 Å². The molecule has 0 aliphatic carbocycles. The molecule has 0 fully saturated rings. The Balaban J connectivity index is 2.19. The van der Waals surface area contributed by atoms with Crippen molar-refractivity contribution in [1.29, 1.82) is 0 Å². The number of rotatable bonds is 4. The van der Waals surface area contributed by atoms with Crippen LogP contribution in [0.3, 0.4) is 0 Å². The minimum Gasteiger partial charge on any atom is -0.497 e. The van der Waals surface area contributed by atoms with E-state index in [1.807, 2.05) is 25.1 Å². The van der Waals surface area contributed by atoms with Gasteiger partial charge in [0, 0.05) is 22.8 Å². The Morgan fingerprint density at radius 2 is 1.75 bits per heavy atom. The summed E-state index contributed by atoms with van der Waals surface area (Å²) in [4.78, 5) is 0. The van der Waals surface area contributed by atoms with Gasteiger partial charge in [-0.25, -0.2) is 0 Å². The lowest BCUT2D eigenvalue weighted by Gasteiger charge is -2.13. The molecule has 0 unspecified atom stereocenters. The van der Waals surface area contributed by atoms with Gasteiger partial charge in [-0.2, -0.15) is 0 Å². The number of anilines is 1. The summed E-state index contributed by atoms with van der Waals surface area (Å²) in [5.74, 6) is 0.826. The molecule has 0 bridgehead atoms. The highest BCUT2D eigenvalue weighted by Gasteiger charge is 2.10. The second-order valence-electron chi connectivity index (χ2n) is 4.36. The van der Waals surface area contributed by atoms with Crippen molar-refractivity contribution >= 4 is 40.5 Å². The van der Waals surface area contributed by atoms with Crippen LogP contribution in [-0.2, 0) is 6.54 Å². The van der Waals surface area contributed by atoms with Crippen molar-refractivity contribution in [3.63, 3.8) is 0 Å². The van der Waals surface area contributed by atoms with E-state index in [4.69, 9.17) is 39.5 Å². The second kappa shape index (κ2) is 6.57. The van der Waals surface area contributed by atoms with Crippen LogP contribution in [0.15, 0.2) is 30.3 Å². The van der Waals surface area contributed by atoms with Crippen LogP contribution in [0.5, 0.6) is 5.75 Å². The van der Waals surface area contributed by atoms with Crippen LogP contribution in [0.1, 0.15) is 11.1 Å². The van der Waals surface area contributed by atoms with Gasteiger partial charge in [-0.05, 0) is 42.8 Å². The lowest BCUT2D eigenvalue weighted by molar-refractivity contribution is 0.414. The number of nitrogens with one attached hydrogen (secondary N) is 1. The topological polar surface area (TPSA) is 21.3 Å². The van der Waals surface area contributed by atoms with E-state index in [9.17, 15) is 0 Å². The zero-order valence-electron chi connectivity index (χ0n) is 11.1. The van der Waals surface area contributed by atoms with Crippen LogP contribution in [-0.4, -0.2) is 7.11 Å². The van der Waals surface area contributed by atoms with Crippen LogP contribution in [0.4, 0.5) is 5.69 Å². The molecule has 2 nitrogen and oxygen atoms in total. The van der Waals surface area contributed by atoms with E-state index in [1.54, 1.807) is 19.2 Å². The maximum absolute atomic E-state index is 6.18. The standard InChI is InChI=1S/C15H14Cl3NO/c1-9-7-10(20-2)3-6-14(9)19-8-11-12(16)4-5-13(17)15(11)18/h3-7,19H,8H2,1-2H3. The third kappa shape index (κ3) is 3.32. The summed E-state index contributed by atoms with van der Waals surface area (Å²) < 4.78 is 5.18. The molecule has 0 saturated heterocycles. The molecule has 0 atom stereocenters. The quantitative estimate of drug-likeness (QED) is 0.739. The highest BCUT2D eigenvalue weighted by molar-refractivity contribution is 6.44. The van der Waals surface area contributed by atoms with Crippen molar-refractivity contribution in [2.24, 2.45) is 0 Å². The van der Waals surface area contributed by atoms with Crippen molar-refractivity contribution in [3.05, 3.63) is 56.5 Å². The van der Waals surface area contributed by atoms with E-state index in [1.165, 1.54) is 0 Å². The SMILES string of the molecule is COc1ccc(NCc2c(Cl)ccc(Cl)c2Cl)c(C)c1. The first kappa shape index (κ1) is 15.3. The van der Waals surface area contributed by atoms with Crippen molar-refractivity contribution in [2.45, 2.75) is 13.5 Å². The summed E-state index contributed by atoms with van der Waals surface area (Å²) in [6, 6.07) is 9.25. The molecule has 0 amide bonds. The molecule has 5 heteroatoms. The number of aryl methyl sites for hydroxylation is 1. The molecule has 1 N–H and O–H groups in total. The smallest absolute Gasteiger partial charge is 0.119 e. The van der Waals surface area contributed by atoms with E-state index in [0.717, 1.165) is 22.6 Å². The number of ether oxygens (including phenoxy) is 1. The van der Waals surface area contributed by atoms with E-state index < -0.39 is 0 Å². The molecular weight excluding hydrogens is 317 g/mol. The molecule has 2 aromatic rings. The average molecular weight is 331 g/mol. The first-order valence-corrected chi connectivity index (χ1v) is 7.17. The van der Waals surface area contributed by atoms with Gasteiger partial charge in [0.15, 0.2) is 0 Å². The Labute approximate surface area is 133 Å². The van der Waals surface area contributed by atoms with E-state index in [2.05, 4.69) is 5.32 Å². The highest BCUT2D eigenvalue weighted by Crippen LogP contribution is 2.32. The fraction of sp³-hybridized carbons (Fsp3) is 0.200. The summed E-state index contributed by atoms with van der Waals surface area (Å²) in [6.45, 7) is 2.51. The summed E-state index contributed by atoms with van der Waals surface area (Å²) >= 11 is 18.3. The minimum atomic E-state index is 0.484. The molecule has 0 aromatic heterocycles. The van der Waals surface area contributed by atoms with Gasteiger partial charge in [0.1, 0.15) is 5.75 Å². The zero-order valence-corrected chi connectivity index (χ0v) is 13.4. The zero-order chi connectivity index (χ0) is 14.7. The van der Waals surface area contributed by atoms with Gasteiger partial charge in [0.2, 0.25) is 0 Å². The molecule has 0 saturated carbocycles. The number of methoxy groups -OCH3 is 1. The molecular formula is C15H14Cl3NO. The Morgan fingerprint density at radius 1 is 1.05 bits per heavy atom. The lowest BCUT2D eigenvalue weighted by atomic mass is 10.1. The Bertz CT molecular complexity index is 629. The maximum Gasteiger partial charge on any atom is 0.119 e. The second-order valence-corrected chi connectivity index (χ2v) is 5.55. The van der Waals surface area contributed by atoms with Gasteiger partial charge in [-0.15, -0.1) is 0 Å². The summed E-state index contributed by atoms with van der Waals surface area (Å²) in [6.07, 6.45) is 0. The van der Waals surface area contributed by atoms with Crippen LogP contribution in [0, 0.1) is 6.92 Å². The molecule has 20 heavy (non-hydrogen) atoms. The lowest BCUT2D eigenvalue weighted by Crippen LogP contribution is -2.03. The summed E-state index contributed by atoms with van der Waals surface area (Å²) in [5.41, 5.74) is 2.87. The molecule has 2 aromatic carbocycles. The molecule has 106 valence electrons. The molecule has 0 radical (unpaired) electrons. The number of benzene rings is 2. The van der Waals surface area contributed by atoms with Crippen LogP contribution < -0.4 is 10.1 Å². The monoisotopic (exact) mass is 329 g/mol. The Hall–Kier alpha value is -1.09. The third-order valence-corrected chi connectivity index (χ3v) is 4.23. The van der Waals surface area contributed by atoms with Gasteiger partial charge in [0.05, 0.1) is 17.2 Å². The Morgan fingerprint density at radius 3 is 2.40 bits per heavy atom. The number of halogens is 3. The fourth-order valence-electron chi connectivity index (χ4n) is 1.88. The molecule has 0 spiro atoms. The number of hydrogen-bond donors (Lipinski definition) is 1. The molecule has 0 aliphatic heterocycles. The highest BCUT2D eigenvalue weighted by atomic mass is 35.5. The largest absolute Gasteiger partial charge is 0.497 e. The van der Waals surface area contributed by atoms with Crippen molar-refractivity contribution in [3.8, 4) is 5.75 Å². The van der Waals surface area contributed by atoms with E-state index in [0.29, 0.717) is 21.6 Å². The molecule has 2 rings (SSSR count). The van der Waals surface area contributed by atoms with Crippen molar-refractivity contribution < 1.29 is 4.74 Å².